The molecule has 0 aromatic heterocycles. The van der Waals surface area contributed by atoms with Gasteiger partial charge in [-0.05, 0) is 37.1 Å². The molecule has 1 aliphatic rings. The average molecular weight is 284 g/mol. The van der Waals surface area contributed by atoms with Crippen molar-refractivity contribution in [2.24, 2.45) is 0 Å². The van der Waals surface area contributed by atoms with Crippen molar-refractivity contribution in [1.82, 2.24) is 0 Å². The Labute approximate surface area is 125 Å². The first-order valence-electron chi connectivity index (χ1n) is 7.36. The average Bonchev–Trinajstić information content (AvgIpc) is 2.53. The quantitative estimate of drug-likeness (QED) is 0.930. The van der Waals surface area contributed by atoms with Crippen molar-refractivity contribution in [1.29, 1.82) is 0 Å². The van der Waals surface area contributed by atoms with Crippen molar-refractivity contribution in [2.75, 3.05) is 13.2 Å². The van der Waals surface area contributed by atoms with Crippen molar-refractivity contribution >= 4 is 0 Å². The van der Waals surface area contributed by atoms with Crippen molar-refractivity contribution < 1.29 is 14.6 Å². The summed E-state index contributed by atoms with van der Waals surface area (Å²) >= 11 is 0. The highest BCUT2D eigenvalue weighted by Crippen LogP contribution is 2.33. The summed E-state index contributed by atoms with van der Waals surface area (Å²) in [6.45, 7) is 3.15. The van der Waals surface area contributed by atoms with Crippen LogP contribution in [0.15, 0.2) is 48.5 Å². The molecule has 1 N–H and O–H groups in total. The molecule has 0 radical (unpaired) electrons. The van der Waals surface area contributed by atoms with Gasteiger partial charge in [0.1, 0.15) is 11.5 Å². The minimum absolute atomic E-state index is 0.367. The van der Waals surface area contributed by atoms with E-state index in [9.17, 15) is 5.11 Å². The SMILES string of the molecule is C[C@@H](O)c1ccc(OCC2CCOc3ccccc32)cc1. The fraction of sp³-hybridized carbons (Fsp3) is 0.333. The lowest BCUT2D eigenvalue weighted by molar-refractivity contribution is 0.198. The molecule has 3 heteroatoms. The fourth-order valence-electron chi connectivity index (χ4n) is 2.63. The van der Waals surface area contributed by atoms with Gasteiger partial charge in [-0.15, -0.1) is 0 Å². The molecule has 1 unspecified atom stereocenters. The molecule has 1 aliphatic heterocycles. The molecule has 110 valence electrons. The van der Waals surface area contributed by atoms with Crippen LogP contribution in [0.4, 0.5) is 0 Å². The van der Waals surface area contributed by atoms with Crippen molar-refractivity contribution in [3.05, 3.63) is 59.7 Å². The molecule has 0 bridgehead atoms. The summed E-state index contributed by atoms with van der Waals surface area (Å²) in [5.74, 6) is 2.18. The maximum Gasteiger partial charge on any atom is 0.122 e. The van der Waals surface area contributed by atoms with Gasteiger partial charge in [0.25, 0.3) is 0 Å². The summed E-state index contributed by atoms with van der Waals surface area (Å²) in [7, 11) is 0. The first kappa shape index (κ1) is 14.0. The molecule has 0 saturated heterocycles. The smallest absolute Gasteiger partial charge is 0.122 e. The molecule has 2 aromatic carbocycles. The Bertz CT molecular complexity index is 590. The second-order valence-corrected chi connectivity index (χ2v) is 5.43. The van der Waals surface area contributed by atoms with Gasteiger partial charge in [0.05, 0.1) is 19.3 Å². The van der Waals surface area contributed by atoms with Crippen LogP contribution >= 0.6 is 0 Å². The number of rotatable bonds is 4. The van der Waals surface area contributed by atoms with Gasteiger partial charge in [-0.1, -0.05) is 30.3 Å². The molecular weight excluding hydrogens is 264 g/mol. The predicted octanol–water partition coefficient (Wildman–Crippen LogP) is 3.69. The number of hydrogen-bond acceptors (Lipinski definition) is 3. The van der Waals surface area contributed by atoms with Crippen LogP contribution in [0.1, 0.15) is 36.5 Å². The van der Waals surface area contributed by atoms with Gasteiger partial charge in [-0.3, -0.25) is 0 Å². The topological polar surface area (TPSA) is 38.7 Å². The molecule has 3 rings (SSSR count). The third-order valence-electron chi connectivity index (χ3n) is 3.90. The minimum atomic E-state index is -0.443. The van der Waals surface area contributed by atoms with E-state index in [0.717, 1.165) is 30.1 Å². The van der Waals surface area contributed by atoms with Crippen LogP contribution < -0.4 is 9.47 Å². The van der Waals surface area contributed by atoms with Crippen molar-refractivity contribution in [3.8, 4) is 11.5 Å². The highest BCUT2D eigenvalue weighted by Gasteiger charge is 2.21. The molecule has 1 heterocycles. The zero-order chi connectivity index (χ0) is 14.7. The molecule has 0 amide bonds. The maximum atomic E-state index is 9.50. The lowest BCUT2D eigenvalue weighted by Gasteiger charge is -2.25. The van der Waals surface area contributed by atoms with Crippen LogP contribution in [0.5, 0.6) is 11.5 Å². The fourth-order valence-corrected chi connectivity index (χ4v) is 2.63. The number of para-hydroxylation sites is 1. The monoisotopic (exact) mass is 284 g/mol. The Morgan fingerprint density at radius 1 is 1.19 bits per heavy atom. The maximum absolute atomic E-state index is 9.50. The van der Waals surface area contributed by atoms with Gasteiger partial charge in [0.2, 0.25) is 0 Å². The van der Waals surface area contributed by atoms with E-state index in [4.69, 9.17) is 9.47 Å². The summed E-state index contributed by atoms with van der Waals surface area (Å²) in [6.07, 6.45) is 0.532. The molecule has 0 saturated carbocycles. The number of fused-ring (bicyclic) bond motifs is 1. The van der Waals surface area contributed by atoms with Crippen LogP contribution in [0.2, 0.25) is 0 Å². The second-order valence-electron chi connectivity index (χ2n) is 5.43. The lowest BCUT2D eigenvalue weighted by Crippen LogP contribution is -2.19. The van der Waals surface area contributed by atoms with E-state index < -0.39 is 6.10 Å². The molecule has 3 nitrogen and oxygen atoms in total. The summed E-state index contributed by atoms with van der Waals surface area (Å²) in [5, 5.41) is 9.50. The van der Waals surface area contributed by atoms with E-state index in [1.807, 2.05) is 42.5 Å². The summed E-state index contributed by atoms with van der Waals surface area (Å²) in [6, 6.07) is 15.8. The molecule has 2 atom stereocenters. The van der Waals surface area contributed by atoms with Crippen LogP contribution in [-0.4, -0.2) is 18.3 Å². The normalized spacial score (nSPS) is 18.5. The van der Waals surface area contributed by atoms with Gasteiger partial charge < -0.3 is 14.6 Å². The number of aliphatic hydroxyl groups excluding tert-OH is 1. The highest BCUT2D eigenvalue weighted by molar-refractivity contribution is 5.38. The van der Waals surface area contributed by atoms with E-state index in [0.29, 0.717) is 12.5 Å². The van der Waals surface area contributed by atoms with Gasteiger partial charge in [-0.2, -0.15) is 0 Å². The Hall–Kier alpha value is -2.00. The molecule has 0 spiro atoms. The summed E-state index contributed by atoms with van der Waals surface area (Å²) < 4.78 is 11.6. The second kappa shape index (κ2) is 6.19. The number of benzene rings is 2. The summed E-state index contributed by atoms with van der Waals surface area (Å²) in [4.78, 5) is 0. The Kier molecular flexibility index (Phi) is 4.11. The van der Waals surface area contributed by atoms with Gasteiger partial charge in [-0.25, -0.2) is 0 Å². The van der Waals surface area contributed by atoms with E-state index in [1.54, 1.807) is 6.92 Å². The molecule has 2 aromatic rings. The van der Waals surface area contributed by atoms with Crippen molar-refractivity contribution in [3.63, 3.8) is 0 Å². The number of hydrogen-bond donors (Lipinski definition) is 1. The van der Waals surface area contributed by atoms with Gasteiger partial charge in [0.15, 0.2) is 0 Å². The molecule has 0 aliphatic carbocycles. The number of ether oxygens (including phenoxy) is 2. The Balaban J connectivity index is 1.66. The van der Waals surface area contributed by atoms with E-state index in [1.165, 1.54) is 5.56 Å². The lowest BCUT2D eigenvalue weighted by atomic mass is 9.94. The Morgan fingerprint density at radius 3 is 2.71 bits per heavy atom. The molecular formula is C18H20O3. The first-order chi connectivity index (χ1) is 10.2. The zero-order valence-electron chi connectivity index (χ0n) is 12.2. The van der Waals surface area contributed by atoms with Gasteiger partial charge >= 0.3 is 0 Å². The number of aliphatic hydroxyl groups is 1. The standard InChI is InChI=1S/C18H20O3/c1-13(19)14-6-8-16(9-7-14)21-12-15-10-11-20-18-5-3-2-4-17(15)18/h2-9,13,15,19H,10-12H2,1H3/t13-,15?/m1/s1. The zero-order valence-corrected chi connectivity index (χ0v) is 12.2. The predicted molar refractivity (Wildman–Crippen MR) is 81.9 cm³/mol. The van der Waals surface area contributed by atoms with Crippen LogP contribution in [0.3, 0.4) is 0 Å². The van der Waals surface area contributed by atoms with E-state index in [2.05, 4.69) is 6.07 Å². The summed E-state index contributed by atoms with van der Waals surface area (Å²) in [5.41, 5.74) is 2.13. The van der Waals surface area contributed by atoms with E-state index >= 15 is 0 Å². The van der Waals surface area contributed by atoms with Crippen LogP contribution in [-0.2, 0) is 0 Å². The minimum Gasteiger partial charge on any atom is -0.493 e. The highest BCUT2D eigenvalue weighted by atomic mass is 16.5. The first-order valence-corrected chi connectivity index (χ1v) is 7.36. The largest absolute Gasteiger partial charge is 0.493 e. The van der Waals surface area contributed by atoms with Crippen LogP contribution in [0.25, 0.3) is 0 Å². The third-order valence-corrected chi connectivity index (χ3v) is 3.90. The third kappa shape index (κ3) is 3.19. The Morgan fingerprint density at radius 2 is 1.95 bits per heavy atom. The molecule has 0 fully saturated rings. The van der Waals surface area contributed by atoms with Crippen molar-refractivity contribution in [2.45, 2.75) is 25.4 Å². The van der Waals surface area contributed by atoms with E-state index in [-0.39, 0.29) is 0 Å². The molecule has 21 heavy (non-hydrogen) atoms. The van der Waals surface area contributed by atoms with Crippen LogP contribution in [0, 0.1) is 0 Å². The van der Waals surface area contributed by atoms with Gasteiger partial charge in [0, 0.05) is 11.5 Å².